The van der Waals surface area contributed by atoms with E-state index < -0.39 is 5.60 Å². The predicted molar refractivity (Wildman–Crippen MR) is 76.4 cm³/mol. The third-order valence-electron chi connectivity index (χ3n) is 2.48. The molecule has 4 nitrogen and oxygen atoms in total. The van der Waals surface area contributed by atoms with Crippen LogP contribution in [0.15, 0.2) is 23.4 Å². The lowest BCUT2D eigenvalue weighted by atomic mass is 10.0. The van der Waals surface area contributed by atoms with Crippen LogP contribution in [0, 0.1) is 0 Å². The molecule has 1 amide bonds. The van der Waals surface area contributed by atoms with Crippen molar-refractivity contribution in [2.75, 3.05) is 13.1 Å². The van der Waals surface area contributed by atoms with Crippen molar-refractivity contribution in [2.45, 2.75) is 32.8 Å². The molecule has 0 unspecified atom stereocenters. The number of rotatable bonds is 2. The van der Waals surface area contributed by atoms with E-state index >= 15 is 0 Å². The van der Waals surface area contributed by atoms with Gasteiger partial charge in [-0.2, -0.15) is 0 Å². The molecule has 2 N–H and O–H groups in total. The van der Waals surface area contributed by atoms with Crippen LogP contribution in [0.2, 0.25) is 0 Å². The van der Waals surface area contributed by atoms with E-state index in [9.17, 15) is 4.79 Å². The number of hydrogen-bond donors (Lipinski definition) is 1. The second kappa shape index (κ2) is 6.00. The van der Waals surface area contributed by atoms with Crippen LogP contribution >= 0.6 is 12.2 Å². The quantitative estimate of drug-likeness (QED) is 0.617. The van der Waals surface area contributed by atoms with E-state index in [2.05, 4.69) is 6.08 Å². The lowest BCUT2D eigenvalue weighted by Crippen LogP contribution is -2.40. The lowest BCUT2D eigenvalue weighted by molar-refractivity contribution is 0.0264. The van der Waals surface area contributed by atoms with Crippen LogP contribution in [-0.2, 0) is 4.74 Å². The van der Waals surface area contributed by atoms with E-state index in [0.29, 0.717) is 13.1 Å². The third kappa shape index (κ3) is 4.14. The summed E-state index contributed by atoms with van der Waals surface area (Å²) in [5, 5.41) is 1.53. The van der Waals surface area contributed by atoms with Gasteiger partial charge in [-0.15, -0.1) is 0 Å². The molecule has 0 bridgehead atoms. The molecule has 0 aromatic carbocycles. The number of nitrogens with two attached hydrogens (primary N) is 1. The number of thiocarbonyl (C=S) groups is 1. The van der Waals surface area contributed by atoms with E-state index in [0.717, 1.165) is 17.6 Å². The van der Waals surface area contributed by atoms with Crippen LogP contribution in [0.4, 0.5) is 4.79 Å². The zero-order chi connectivity index (χ0) is 13.8. The molecule has 100 valence electrons. The lowest BCUT2D eigenvalue weighted by Gasteiger charge is -2.30. The molecule has 0 saturated carbocycles. The van der Waals surface area contributed by atoms with Gasteiger partial charge in [-0.25, -0.2) is 4.79 Å². The van der Waals surface area contributed by atoms with Crippen molar-refractivity contribution >= 4 is 23.7 Å². The van der Waals surface area contributed by atoms with Gasteiger partial charge >= 0.3 is 6.09 Å². The average Bonchev–Trinajstić information content (AvgIpc) is 2.29. The Bertz CT molecular complexity index is 394. The molecule has 1 aliphatic heterocycles. The number of carbonyl (C=O) groups is 1. The molecule has 0 atom stereocenters. The highest BCUT2D eigenvalue weighted by atomic mass is 32.1. The van der Waals surface area contributed by atoms with Gasteiger partial charge in [0.15, 0.2) is 0 Å². The summed E-state index contributed by atoms with van der Waals surface area (Å²) in [7, 11) is 0. The largest absolute Gasteiger partial charge is 0.444 e. The molecule has 1 rings (SSSR count). The van der Waals surface area contributed by atoms with Crippen molar-refractivity contribution in [1.29, 1.82) is 0 Å². The van der Waals surface area contributed by atoms with Gasteiger partial charge < -0.3 is 15.4 Å². The summed E-state index contributed by atoms with van der Waals surface area (Å²) in [5.74, 6) is 0. The Kier molecular flexibility index (Phi) is 4.90. The zero-order valence-electron chi connectivity index (χ0n) is 11.1. The average molecular weight is 268 g/mol. The highest BCUT2D eigenvalue weighted by Gasteiger charge is 2.24. The van der Waals surface area contributed by atoms with Gasteiger partial charge in [0.05, 0.1) is 0 Å². The maximum absolute atomic E-state index is 11.9. The Labute approximate surface area is 113 Å². The molecule has 0 spiro atoms. The number of amides is 1. The standard InChI is InChI=1S/C13H20N2O2S/c1-13(2,3)17-12(16)15-6-4-5-10(8-15)11(7-14)9-18/h5,7,9H,4,6,8,14H2,1-3H3. The minimum Gasteiger partial charge on any atom is -0.444 e. The van der Waals surface area contributed by atoms with Crippen molar-refractivity contribution in [1.82, 2.24) is 4.90 Å². The normalized spacial score (nSPS) is 17.2. The summed E-state index contributed by atoms with van der Waals surface area (Å²) >= 11 is 4.90. The molecule has 0 fully saturated rings. The Morgan fingerprint density at radius 2 is 2.22 bits per heavy atom. The van der Waals surface area contributed by atoms with E-state index in [1.165, 1.54) is 11.6 Å². The number of ether oxygens (including phenoxy) is 1. The maximum Gasteiger partial charge on any atom is 0.410 e. The first kappa shape index (κ1) is 14.7. The maximum atomic E-state index is 11.9. The fourth-order valence-electron chi connectivity index (χ4n) is 1.66. The fraction of sp³-hybridized carbons (Fsp3) is 0.538. The van der Waals surface area contributed by atoms with Gasteiger partial charge in [-0.05, 0) is 32.8 Å². The smallest absolute Gasteiger partial charge is 0.410 e. The third-order valence-corrected chi connectivity index (χ3v) is 2.73. The fourth-order valence-corrected chi connectivity index (χ4v) is 1.89. The summed E-state index contributed by atoms with van der Waals surface area (Å²) in [6.07, 6.45) is 4.02. The summed E-state index contributed by atoms with van der Waals surface area (Å²) in [6.45, 7) is 6.72. The summed E-state index contributed by atoms with van der Waals surface area (Å²) in [6, 6.07) is 0. The second-order valence-corrected chi connectivity index (χ2v) is 5.40. The van der Waals surface area contributed by atoms with Crippen molar-refractivity contribution in [2.24, 2.45) is 5.73 Å². The molecular weight excluding hydrogens is 248 g/mol. The highest BCUT2D eigenvalue weighted by Crippen LogP contribution is 2.18. The molecule has 0 aromatic rings. The van der Waals surface area contributed by atoms with Crippen LogP contribution in [0.1, 0.15) is 27.2 Å². The van der Waals surface area contributed by atoms with Gasteiger partial charge in [0.2, 0.25) is 0 Å². The Balaban J connectivity index is 2.71. The Hall–Kier alpha value is -1.36. The van der Waals surface area contributed by atoms with Gasteiger partial charge in [0.25, 0.3) is 0 Å². The van der Waals surface area contributed by atoms with Crippen molar-refractivity contribution in [3.63, 3.8) is 0 Å². The van der Waals surface area contributed by atoms with Crippen LogP contribution in [0.25, 0.3) is 0 Å². The number of carbonyl (C=O) groups excluding carboxylic acids is 1. The SMILES string of the molecule is CC(C)(C)OC(=O)N1CCC=C(C(C=S)=CN)C1. The Morgan fingerprint density at radius 3 is 2.72 bits per heavy atom. The monoisotopic (exact) mass is 268 g/mol. The molecule has 0 aliphatic carbocycles. The van der Waals surface area contributed by atoms with E-state index in [4.69, 9.17) is 22.7 Å². The molecule has 1 aliphatic rings. The first-order valence-electron chi connectivity index (χ1n) is 5.92. The summed E-state index contributed by atoms with van der Waals surface area (Å²) in [4.78, 5) is 13.6. The van der Waals surface area contributed by atoms with E-state index in [-0.39, 0.29) is 6.09 Å². The topological polar surface area (TPSA) is 55.6 Å². The van der Waals surface area contributed by atoms with Gasteiger partial charge in [-0.1, -0.05) is 18.3 Å². The molecular formula is C13H20N2O2S. The Morgan fingerprint density at radius 1 is 1.56 bits per heavy atom. The summed E-state index contributed by atoms with van der Waals surface area (Å²) in [5.41, 5.74) is 6.79. The number of hydrogen-bond acceptors (Lipinski definition) is 4. The predicted octanol–water partition coefficient (Wildman–Crippen LogP) is 2.40. The van der Waals surface area contributed by atoms with Gasteiger partial charge in [0.1, 0.15) is 5.60 Å². The van der Waals surface area contributed by atoms with E-state index in [1.54, 1.807) is 4.90 Å². The molecule has 0 radical (unpaired) electrons. The minimum absolute atomic E-state index is 0.297. The van der Waals surface area contributed by atoms with Crippen LogP contribution in [0.5, 0.6) is 0 Å². The van der Waals surface area contributed by atoms with Crippen LogP contribution in [-0.4, -0.2) is 35.1 Å². The molecule has 1 heterocycles. The van der Waals surface area contributed by atoms with Gasteiger partial charge in [-0.3, -0.25) is 0 Å². The molecule has 5 heteroatoms. The molecule has 0 saturated heterocycles. The van der Waals surface area contributed by atoms with Crippen molar-refractivity contribution in [3.05, 3.63) is 23.4 Å². The zero-order valence-corrected chi connectivity index (χ0v) is 11.9. The van der Waals surface area contributed by atoms with Crippen molar-refractivity contribution in [3.8, 4) is 0 Å². The summed E-state index contributed by atoms with van der Waals surface area (Å²) < 4.78 is 5.35. The van der Waals surface area contributed by atoms with Crippen LogP contribution in [0.3, 0.4) is 0 Å². The number of nitrogens with zero attached hydrogens (tertiary/aromatic N) is 1. The molecule has 0 aromatic heterocycles. The van der Waals surface area contributed by atoms with Gasteiger partial charge in [0, 0.05) is 30.2 Å². The minimum atomic E-state index is -0.477. The first-order valence-corrected chi connectivity index (χ1v) is 6.39. The van der Waals surface area contributed by atoms with E-state index in [1.807, 2.05) is 20.8 Å². The highest BCUT2D eigenvalue weighted by molar-refractivity contribution is 7.79. The van der Waals surface area contributed by atoms with Crippen LogP contribution < -0.4 is 5.73 Å². The second-order valence-electron chi connectivity index (χ2n) is 5.16. The molecule has 18 heavy (non-hydrogen) atoms. The first-order chi connectivity index (χ1) is 8.37. The van der Waals surface area contributed by atoms with Crippen molar-refractivity contribution < 1.29 is 9.53 Å².